The Kier molecular flexibility index (Phi) is 3.31. The van der Waals surface area contributed by atoms with E-state index in [2.05, 4.69) is 15.0 Å². The number of nitrogens with one attached hydrogen (secondary N) is 1. The Morgan fingerprint density at radius 2 is 2.00 bits per heavy atom. The number of carbonyl (C=O) groups is 1. The summed E-state index contributed by atoms with van der Waals surface area (Å²) < 4.78 is 13.9. The average Bonchev–Trinajstić information content (AvgIpc) is 2.97. The van der Waals surface area contributed by atoms with Crippen molar-refractivity contribution in [3.63, 3.8) is 0 Å². The second-order valence-corrected chi connectivity index (χ2v) is 4.67. The molecule has 0 saturated heterocycles. The lowest BCUT2D eigenvalue weighted by molar-refractivity contribution is 0.111. The number of aromatic amines is 1. The summed E-state index contributed by atoms with van der Waals surface area (Å²) >= 11 is 0. The molecule has 2 aromatic heterocycles. The van der Waals surface area contributed by atoms with E-state index in [1.165, 1.54) is 6.07 Å². The van der Waals surface area contributed by atoms with Crippen molar-refractivity contribution in [3.05, 3.63) is 59.8 Å². The standard InChI is InChI=1S/C16H12FN3O/c1-10-3-2-4-13(17)15(10)16-19-8-14(20-16)11-5-6-12(9-21)18-7-11/h2-9H,1H3,(H,19,20). The molecule has 0 fully saturated rings. The van der Waals surface area contributed by atoms with Crippen molar-refractivity contribution in [2.75, 3.05) is 0 Å². The van der Waals surface area contributed by atoms with Crippen LogP contribution in [0.15, 0.2) is 42.7 Å². The van der Waals surface area contributed by atoms with Crippen molar-refractivity contribution in [1.29, 1.82) is 0 Å². The number of benzene rings is 1. The molecule has 0 aliphatic carbocycles. The molecule has 1 aromatic carbocycles. The summed E-state index contributed by atoms with van der Waals surface area (Å²) in [7, 11) is 0. The molecule has 21 heavy (non-hydrogen) atoms. The van der Waals surface area contributed by atoms with Gasteiger partial charge in [0.25, 0.3) is 0 Å². The summed E-state index contributed by atoms with van der Waals surface area (Å²) in [6.45, 7) is 1.83. The summed E-state index contributed by atoms with van der Waals surface area (Å²) in [5.74, 6) is 0.158. The second-order valence-electron chi connectivity index (χ2n) is 4.67. The van der Waals surface area contributed by atoms with Crippen LogP contribution in [0.1, 0.15) is 16.1 Å². The van der Waals surface area contributed by atoms with Crippen LogP contribution in [0.4, 0.5) is 4.39 Å². The molecule has 104 valence electrons. The fraction of sp³-hybridized carbons (Fsp3) is 0.0625. The number of imidazole rings is 1. The average molecular weight is 281 g/mol. The number of nitrogens with zero attached hydrogens (tertiary/aromatic N) is 2. The molecule has 2 heterocycles. The summed E-state index contributed by atoms with van der Waals surface area (Å²) in [5.41, 5.74) is 3.14. The monoisotopic (exact) mass is 281 g/mol. The lowest BCUT2D eigenvalue weighted by Crippen LogP contribution is -1.91. The minimum atomic E-state index is -0.315. The highest BCUT2D eigenvalue weighted by Gasteiger charge is 2.12. The Bertz CT molecular complexity index is 773. The highest BCUT2D eigenvalue weighted by atomic mass is 19.1. The number of H-pyrrole nitrogens is 1. The van der Waals surface area contributed by atoms with E-state index in [9.17, 15) is 9.18 Å². The Morgan fingerprint density at radius 3 is 2.67 bits per heavy atom. The quantitative estimate of drug-likeness (QED) is 0.748. The molecule has 1 N–H and O–H groups in total. The molecular formula is C16H12FN3O. The second kappa shape index (κ2) is 5.28. The van der Waals surface area contributed by atoms with Crippen molar-refractivity contribution in [1.82, 2.24) is 15.0 Å². The van der Waals surface area contributed by atoms with E-state index in [1.54, 1.807) is 30.6 Å². The summed E-state index contributed by atoms with van der Waals surface area (Å²) in [6, 6.07) is 8.30. The maximum Gasteiger partial charge on any atom is 0.168 e. The van der Waals surface area contributed by atoms with Gasteiger partial charge in [0.2, 0.25) is 0 Å². The number of carbonyl (C=O) groups excluding carboxylic acids is 1. The van der Waals surface area contributed by atoms with Gasteiger partial charge in [-0.15, -0.1) is 0 Å². The molecule has 3 aromatic rings. The van der Waals surface area contributed by atoms with Crippen molar-refractivity contribution >= 4 is 6.29 Å². The van der Waals surface area contributed by atoms with Gasteiger partial charge in [0, 0.05) is 11.8 Å². The van der Waals surface area contributed by atoms with E-state index in [0.29, 0.717) is 23.4 Å². The summed E-state index contributed by atoms with van der Waals surface area (Å²) in [5, 5.41) is 0. The van der Waals surface area contributed by atoms with Crippen LogP contribution in [0.25, 0.3) is 22.6 Å². The third kappa shape index (κ3) is 2.45. The highest BCUT2D eigenvalue weighted by molar-refractivity contribution is 5.73. The fourth-order valence-corrected chi connectivity index (χ4v) is 2.16. The van der Waals surface area contributed by atoms with Crippen LogP contribution in [-0.4, -0.2) is 21.2 Å². The first-order valence-electron chi connectivity index (χ1n) is 6.41. The van der Waals surface area contributed by atoms with Crippen LogP contribution in [0.5, 0.6) is 0 Å². The van der Waals surface area contributed by atoms with E-state index in [4.69, 9.17) is 0 Å². The van der Waals surface area contributed by atoms with E-state index >= 15 is 0 Å². The zero-order valence-electron chi connectivity index (χ0n) is 11.3. The minimum Gasteiger partial charge on any atom is -0.338 e. The van der Waals surface area contributed by atoms with Crippen molar-refractivity contribution in [2.24, 2.45) is 0 Å². The fourth-order valence-electron chi connectivity index (χ4n) is 2.16. The van der Waals surface area contributed by atoms with Gasteiger partial charge in [0.15, 0.2) is 6.29 Å². The number of aldehydes is 1. The predicted molar refractivity (Wildman–Crippen MR) is 77.3 cm³/mol. The number of aryl methyl sites for hydroxylation is 1. The molecule has 0 bridgehead atoms. The minimum absolute atomic E-state index is 0.315. The Hall–Kier alpha value is -2.82. The molecule has 0 saturated carbocycles. The van der Waals surface area contributed by atoms with Gasteiger partial charge in [0.05, 0.1) is 17.5 Å². The first kappa shape index (κ1) is 13.2. The Balaban J connectivity index is 2.01. The molecule has 0 unspecified atom stereocenters. The van der Waals surface area contributed by atoms with Gasteiger partial charge in [0.1, 0.15) is 17.3 Å². The van der Waals surface area contributed by atoms with Crippen LogP contribution in [0, 0.1) is 12.7 Å². The summed E-state index contributed by atoms with van der Waals surface area (Å²) in [6.07, 6.45) is 3.89. The zero-order valence-corrected chi connectivity index (χ0v) is 11.3. The van der Waals surface area contributed by atoms with Crippen LogP contribution in [-0.2, 0) is 0 Å². The highest BCUT2D eigenvalue weighted by Crippen LogP contribution is 2.26. The van der Waals surface area contributed by atoms with Crippen molar-refractivity contribution in [2.45, 2.75) is 6.92 Å². The van der Waals surface area contributed by atoms with Crippen LogP contribution < -0.4 is 0 Å². The maximum absolute atomic E-state index is 13.9. The van der Waals surface area contributed by atoms with E-state index < -0.39 is 0 Å². The van der Waals surface area contributed by atoms with Crippen LogP contribution >= 0.6 is 0 Å². The van der Waals surface area contributed by atoms with E-state index in [0.717, 1.165) is 16.8 Å². The smallest absolute Gasteiger partial charge is 0.168 e. The molecule has 0 spiro atoms. The first-order chi connectivity index (χ1) is 10.2. The first-order valence-corrected chi connectivity index (χ1v) is 6.41. The number of halogens is 1. The Labute approximate surface area is 120 Å². The molecule has 4 nitrogen and oxygen atoms in total. The maximum atomic E-state index is 13.9. The Morgan fingerprint density at radius 1 is 1.14 bits per heavy atom. The number of hydrogen-bond donors (Lipinski definition) is 1. The van der Waals surface area contributed by atoms with Gasteiger partial charge < -0.3 is 4.98 Å². The molecule has 0 aliphatic rings. The molecule has 5 heteroatoms. The van der Waals surface area contributed by atoms with Gasteiger partial charge in [-0.3, -0.25) is 9.78 Å². The normalized spacial score (nSPS) is 10.6. The molecule has 0 amide bonds. The third-order valence-electron chi connectivity index (χ3n) is 3.25. The molecule has 0 atom stereocenters. The van der Waals surface area contributed by atoms with Crippen molar-refractivity contribution < 1.29 is 9.18 Å². The van der Waals surface area contributed by atoms with E-state index in [1.807, 2.05) is 13.0 Å². The number of pyridine rings is 1. The number of hydrogen-bond acceptors (Lipinski definition) is 3. The predicted octanol–water partition coefficient (Wildman–Crippen LogP) is 3.40. The van der Waals surface area contributed by atoms with Gasteiger partial charge in [-0.25, -0.2) is 9.37 Å². The van der Waals surface area contributed by atoms with Crippen LogP contribution in [0.3, 0.4) is 0 Å². The molecule has 0 aliphatic heterocycles. The molecule has 3 rings (SSSR count). The third-order valence-corrected chi connectivity index (χ3v) is 3.25. The molecular weight excluding hydrogens is 269 g/mol. The zero-order chi connectivity index (χ0) is 14.8. The number of rotatable bonds is 3. The SMILES string of the molecule is Cc1cccc(F)c1-c1ncc(-c2ccc(C=O)nc2)[nH]1. The van der Waals surface area contributed by atoms with Gasteiger partial charge >= 0.3 is 0 Å². The van der Waals surface area contributed by atoms with Gasteiger partial charge in [-0.05, 0) is 30.7 Å². The van der Waals surface area contributed by atoms with Crippen molar-refractivity contribution in [3.8, 4) is 22.6 Å². The lowest BCUT2D eigenvalue weighted by Gasteiger charge is -2.03. The topological polar surface area (TPSA) is 58.6 Å². The van der Waals surface area contributed by atoms with Gasteiger partial charge in [-0.1, -0.05) is 12.1 Å². The van der Waals surface area contributed by atoms with Gasteiger partial charge in [-0.2, -0.15) is 0 Å². The lowest BCUT2D eigenvalue weighted by atomic mass is 10.1. The molecule has 0 radical (unpaired) electrons. The number of aromatic nitrogens is 3. The van der Waals surface area contributed by atoms with E-state index in [-0.39, 0.29) is 5.82 Å². The summed E-state index contributed by atoms with van der Waals surface area (Å²) in [4.78, 5) is 21.9. The van der Waals surface area contributed by atoms with Crippen LogP contribution in [0.2, 0.25) is 0 Å². The largest absolute Gasteiger partial charge is 0.338 e.